The maximum atomic E-state index is 13.7. The standard InChI is InChI=1S/C30H26N4O5/c1-2-38-30(37)24-17-23-26(31-25-14-5-6-15-33(25)29(23)36)34(18-20-11-8-16-39-20)27(24)32-28(35)22-13-7-10-19-9-3-4-12-21(19)22/h3-7,9-10,12-15,17,20H,2,8,11,16,18H2,1H3/t20-/m0/s1. The Hall–Kier alpha value is -4.63. The van der Waals surface area contributed by atoms with Crippen molar-refractivity contribution in [3.05, 3.63) is 99.9 Å². The minimum Gasteiger partial charge on any atom is -0.462 e. The molecule has 3 aromatic heterocycles. The quantitative estimate of drug-likeness (QED) is 0.256. The fourth-order valence-corrected chi connectivity index (χ4v) is 5.09. The molecule has 0 spiro atoms. The topological polar surface area (TPSA) is 104 Å². The van der Waals surface area contributed by atoms with E-state index in [1.54, 1.807) is 48.0 Å². The number of benzene rings is 2. The predicted molar refractivity (Wildman–Crippen MR) is 146 cm³/mol. The van der Waals surface area contributed by atoms with Crippen molar-refractivity contribution in [1.82, 2.24) is 14.0 Å². The van der Waals surface area contributed by atoms with Crippen molar-refractivity contribution in [3.63, 3.8) is 0 Å². The molecule has 1 amide bonds. The van der Waals surface area contributed by atoms with Gasteiger partial charge in [0, 0.05) is 18.4 Å². The van der Waals surface area contributed by atoms with Crippen LogP contribution in [-0.4, -0.2) is 45.1 Å². The molecule has 0 N–H and O–H groups in total. The molecule has 0 bridgehead atoms. The predicted octanol–water partition coefficient (Wildman–Crippen LogP) is 3.90. The zero-order valence-electron chi connectivity index (χ0n) is 21.4. The second kappa shape index (κ2) is 10.3. The maximum absolute atomic E-state index is 13.7. The molecule has 5 aromatic rings. The van der Waals surface area contributed by atoms with Gasteiger partial charge in [-0.25, -0.2) is 9.78 Å². The Morgan fingerprint density at radius 1 is 1.05 bits per heavy atom. The van der Waals surface area contributed by atoms with Gasteiger partial charge in [0.15, 0.2) is 5.49 Å². The number of carbonyl (C=O) groups excluding carboxylic acids is 2. The molecular weight excluding hydrogens is 496 g/mol. The molecule has 9 heteroatoms. The molecule has 39 heavy (non-hydrogen) atoms. The van der Waals surface area contributed by atoms with Crippen LogP contribution in [0.5, 0.6) is 0 Å². The van der Waals surface area contributed by atoms with Gasteiger partial charge in [-0.1, -0.05) is 42.5 Å². The third-order valence-corrected chi connectivity index (χ3v) is 6.92. The van der Waals surface area contributed by atoms with Crippen LogP contribution in [0.2, 0.25) is 0 Å². The lowest BCUT2D eigenvalue weighted by molar-refractivity contribution is 0.0521. The summed E-state index contributed by atoms with van der Waals surface area (Å²) >= 11 is 0. The molecule has 6 rings (SSSR count). The Bertz CT molecular complexity index is 1880. The number of hydrogen-bond donors (Lipinski definition) is 0. The van der Waals surface area contributed by atoms with E-state index in [2.05, 4.69) is 4.99 Å². The lowest BCUT2D eigenvalue weighted by Crippen LogP contribution is -2.35. The molecule has 1 fully saturated rings. The number of ether oxygens (including phenoxy) is 2. The minimum atomic E-state index is -0.678. The summed E-state index contributed by atoms with van der Waals surface area (Å²) in [4.78, 5) is 49.8. The van der Waals surface area contributed by atoms with Crippen LogP contribution in [0.1, 0.15) is 40.5 Å². The van der Waals surface area contributed by atoms with Crippen LogP contribution in [0, 0.1) is 0 Å². The maximum Gasteiger partial charge on any atom is 0.341 e. The molecule has 196 valence electrons. The van der Waals surface area contributed by atoms with E-state index in [0.29, 0.717) is 23.5 Å². The average molecular weight is 523 g/mol. The molecule has 1 aliphatic rings. The Kier molecular flexibility index (Phi) is 6.50. The van der Waals surface area contributed by atoms with Crippen molar-refractivity contribution in [3.8, 4) is 0 Å². The van der Waals surface area contributed by atoms with Gasteiger partial charge < -0.3 is 14.0 Å². The van der Waals surface area contributed by atoms with E-state index < -0.39 is 11.9 Å². The van der Waals surface area contributed by atoms with Gasteiger partial charge in [-0.3, -0.25) is 14.0 Å². The highest BCUT2D eigenvalue weighted by Gasteiger charge is 2.24. The Balaban J connectivity index is 1.68. The van der Waals surface area contributed by atoms with E-state index in [0.717, 1.165) is 23.6 Å². The molecule has 1 saturated heterocycles. The van der Waals surface area contributed by atoms with Crippen LogP contribution >= 0.6 is 0 Å². The average Bonchev–Trinajstić information content (AvgIpc) is 3.47. The van der Waals surface area contributed by atoms with Crippen molar-refractivity contribution in [1.29, 1.82) is 0 Å². The smallest absolute Gasteiger partial charge is 0.341 e. The molecule has 4 heterocycles. The van der Waals surface area contributed by atoms with Crippen molar-refractivity contribution < 1.29 is 19.1 Å². The number of rotatable bonds is 5. The number of amides is 1. The summed E-state index contributed by atoms with van der Waals surface area (Å²) in [6.07, 6.45) is 3.12. The summed E-state index contributed by atoms with van der Waals surface area (Å²) in [6.45, 7) is 2.69. The summed E-state index contributed by atoms with van der Waals surface area (Å²) in [5, 5.41) is 1.87. The molecule has 0 aliphatic carbocycles. The Morgan fingerprint density at radius 3 is 2.69 bits per heavy atom. The molecule has 0 saturated carbocycles. The fourth-order valence-electron chi connectivity index (χ4n) is 5.09. The minimum absolute atomic E-state index is 0.0192. The second-order valence-corrected chi connectivity index (χ2v) is 9.37. The number of esters is 1. The molecule has 1 atom stereocenters. The number of hydrogen-bond acceptors (Lipinski definition) is 6. The highest BCUT2D eigenvalue weighted by atomic mass is 16.5. The molecule has 0 radical (unpaired) electrons. The summed E-state index contributed by atoms with van der Waals surface area (Å²) in [5.74, 6) is -1.20. The fraction of sp³-hybridized carbons (Fsp3) is 0.233. The van der Waals surface area contributed by atoms with Gasteiger partial charge in [-0.15, -0.1) is 0 Å². The van der Waals surface area contributed by atoms with Crippen molar-refractivity contribution in [2.75, 3.05) is 13.2 Å². The monoisotopic (exact) mass is 522 g/mol. The van der Waals surface area contributed by atoms with E-state index in [1.165, 1.54) is 10.5 Å². The number of nitrogens with zero attached hydrogens (tertiary/aromatic N) is 4. The van der Waals surface area contributed by atoms with Gasteiger partial charge in [-0.2, -0.15) is 4.99 Å². The highest BCUT2D eigenvalue weighted by Crippen LogP contribution is 2.20. The van der Waals surface area contributed by atoms with Crippen LogP contribution in [0.25, 0.3) is 27.5 Å². The molecule has 9 nitrogen and oxygen atoms in total. The third-order valence-electron chi connectivity index (χ3n) is 6.92. The first-order valence-corrected chi connectivity index (χ1v) is 13.0. The summed E-state index contributed by atoms with van der Waals surface area (Å²) in [5.41, 5.74) is 0.921. The summed E-state index contributed by atoms with van der Waals surface area (Å²) in [6, 6.07) is 19.7. The van der Waals surface area contributed by atoms with Crippen LogP contribution in [0.3, 0.4) is 0 Å². The van der Waals surface area contributed by atoms with Crippen molar-refractivity contribution in [2.24, 2.45) is 4.99 Å². The van der Waals surface area contributed by atoms with Gasteiger partial charge >= 0.3 is 5.97 Å². The highest BCUT2D eigenvalue weighted by molar-refractivity contribution is 6.07. The SMILES string of the molecule is CCOC(=O)c1cc2c(=O)n3ccccc3nc2n(C[C@@H]2CCCO2)c1=NC(=O)c1cccc2ccccc12. The lowest BCUT2D eigenvalue weighted by Gasteiger charge is -2.18. The van der Waals surface area contributed by atoms with E-state index in [1.807, 2.05) is 30.3 Å². The van der Waals surface area contributed by atoms with Crippen LogP contribution in [-0.2, 0) is 16.0 Å². The largest absolute Gasteiger partial charge is 0.462 e. The second-order valence-electron chi connectivity index (χ2n) is 9.37. The number of carbonyl (C=O) groups is 2. The van der Waals surface area contributed by atoms with Crippen molar-refractivity contribution in [2.45, 2.75) is 32.4 Å². The zero-order valence-corrected chi connectivity index (χ0v) is 21.4. The first-order valence-electron chi connectivity index (χ1n) is 13.0. The summed E-state index contributed by atoms with van der Waals surface area (Å²) in [7, 11) is 0. The van der Waals surface area contributed by atoms with Gasteiger partial charge in [-0.05, 0) is 54.8 Å². The molecule has 2 aromatic carbocycles. The first kappa shape index (κ1) is 24.7. The van der Waals surface area contributed by atoms with E-state index >= 15 is 0 Å². The van der Waals surface area contributed by atoms with Crippen molar-refractivity contribution >= 4 is 39.3 Å². The van der Waals surface area contributed by atoms with E-state index in [4.69, 9.17) is 14.5 Å². The third kappa shape index (κ3) is 4.51. The normalized spacial score (nSPS) is 15.8. The van der Waals surface area contributed by atoms with Gasteiger partial charge in [0.1, 0.15) is 16.9 Å². The number of fused-ring (bicyclic) bond motifs is 3. The number of pyridine rings is 2. The van der Waals surface area contributed by atoms with Crippen LogP contribution in [0.15, 0.2) is 82.7 Å². The number of aromatic nitrogens is 3. The molecule has 0 unspecified atom stereocenters. The van der Waals surface area contributed by atoms with Gasteiger partial charge in [0.05, 0.1) is 24.6 Å². The first-order chi connectivity index (χ1) is 19.0. The molecule has 1 aliphatic heterocycles. The van der Waals surface area contributed by atoms with E-state index in [-0.39, 0.29) is 41.3 Å². The Morgan fingerprint density at radius 2 is 1.87 bits per heavy atom. The van der Waals surface area contributed by atoms with E-state index in [9.17, 15) is 14.4 Å². The van der Waals surface area contributed by atoms with Gasteiger partial charge in [0.2, 0.25) is 0 Å². The summed E-state index contributed by atoms with van der Waals surface area (Å²) < 4.78 is 14.3. The van der Waals surface area contributed by atoms with Crippen LogP contribution < -0.4 is 11.0 Å². The zero-order chi connectivity index (χ0) is 26.9. The Labute approximate surface area is 223 Å². The van der Waals surface area contributed by atoms with Gasteiger partial charge in [0.25, 0.3) is 11.5 Å². The lowest BCUT2D eigenvalue weighted by atomic mass is 10.0. The molecular formula is C30H26N4O5. The van der Waals surface area contributed by atoms with Crippen LogP contribution in [0.4, 0.5) is 0 Å².